The van der Waals surface area contributed by atoms with Gasteiger partial charge in [-0.2, -0.15) is 0 Å². The van der Waals surface area contributed by atoms with Crippen LogP contribution in [0.4, 0.5) is 11.5 Å². The number of hydrogen-bond donors (Lipinski definition) is 2. The first-order chi connectivity index (χ1) is 13.6. The van der Waals surface area contributed by atoms with Crippen LogP contribution in [0.25, 0.3) is 0 Å². The van der Waals surface area contributed by atoms with Crippen LogP contribution in [0.15, 0.2) is 36.7 Å². The van der Waals surface area contributed by atoms with Gasteiger partial charge in [-0.3, -0.25) is 9.69 Å². The van der Waals surface area contributed by atoms with Gasteiger partial charge in [0, 0.05) is 26.2 Å². The summed E-state index contributed by atoms with van der Waals surface area (Å²) >= 11 is 0. The van der Waals surface area contributed by atoms with Gasteiger partial charge in [0.25, 0.3) is 5.91 Å². The quantitative estimate of drug-likeness (QED) is 0.720. The number of morpholine rings is 1. The maximum absolute atomic E-state index is 12.5. The van der Waals surface area contributed by atoms with E-state index in [1.165, 1.54) is 6.20 Å². The van der Waals surface area contributed by atoms with Crippen LogP contribution >= 0.6 is 0 Å². The van der Waals surface area contributed by atoms with Crippen LogP contribution in [-0.4, -0.2) is 66.3 Å². The van der Waals surface area contributed by atoms with E-state index in [9.17, 15) is 4.79 Å². The number of anilines is 2. The van der Waals surface area contributed by atoms with Crippen LogP contribution in [0.5, 0.6) is 5.75 Å². The van der Waals surface area contributed by atoms with E-state index in [-0.39, 0.29) is 17.7 Å². The van der Waals surface area contributed by atoms with Crippen molar-refractivity contribution >= 4 is 17.4 Å². The molecule has 0 saturated carbocycles. The average molecular weight is 385 g/mol. The number of ether oxygens (including phenoxy) is 2. The van der Waals surface area contributed by atoms with Crippen LogP contribution in [0.2, 0.25) is 0 Å². The van der Waals surface area contributed by atoms with Gasteiger partial charge in [-0.1, -0.05) is 12.1 Å². The first-order valence-corrected chi connectivity index (χ1v) is 9.55. The summed E-state index contributed by atoms with van der Waals surface area (Å²) in [5.74, 6) is 0.945. The topological polar surface area (TPSA) is 88.6 Å². The molecule has 1 aliphatic rings. The lowest BCUT2D eigenvalue weighted by Crippen LogP contribution is -2.39. The Bertz CT molecular complexity index is 761. The Morgan fingerprint density at radius 2 is 2.00 bits per heavy atom. The fourth-order valence-corrected chi connectivity index (χ4v) is 2.82. The Hall–Kier alpha value is -2.71. The van der Waals surface area contributed by atoms with E-state index >= 15 is 0 Å². The van der Waals surface area contributed by atoms with E-state index in [0.29, 0.717) is 17.3 Å². The van der Waals surface area contributed by atoms with Crippen LogP contribution in [-0.2, 0) is 4.74 Å². The van der Waals surface area contributed by atoms with E-state index in [0.717, 1.165) is 39.4 Å². The minimum atomic E-state index is -0.327. The molecule has 1 aromatic heterocycles. The number of carbonyl (C=O) groups excluding carboxylic acids is 1. The van der Waals surface area contributed by atoms with Crippen LogP contribution in [0.3, 0.4) is 0 Å². The molecule has 2 aromatic rings. The van der Waals surface area contributed by atoms with Gasteiger partial charge in [0.05, 0.1) is 37.4 Å². The van der Waals surface area contributed by atoms with Gasteiger partial charge in [0.15, 0.2) is 0 Å². The summed E-state index contributed by atoms with van der Waals surface area (Å²) in [6.07, 6.45) is 3.06. The van der Waals surface area contributed by atoms with Crippen molar-refractivity contribution in [3.05, 3.63) is 42.4 Å². The lowest BCUT2D eigenvalue weighted by atomic mass is 10.2. The summed E-state index contributed by atoms with van der Waals surface area (Å²) in [7, 11) is 0. The summed E-state index contributed by atoms with van der Waals surface area (Å²) in [4.78, 5) is 23.3. The van der Waals surface area contributed by atoms with Gasteiger partial charge >= 0.3 is 0 Å². The molecule has 0 radical (unpaired) electrons. The van der Waals surface area contributed by atoms with Crippen LogP contribution in [0, 0.1) is 0 Å². The second-order valence-corrected chi connectivity index (χ2v) is 6.78. The molecule has 0 bridgehead atoms. The second kappa shape index (κ2) is 10.0. The highest BCUT2D eigenvalue weighted by Gasteiger charge is 2.13. The predicted octanol–water partition coefficient (Wildman–Crippen LogP) is 2.26. The number of rotatable bonds is 8. The zero-order chi connectivity index (χ0) is 19.8. The maximum Gasteiger partial charge on any atom is 0.275 e. The minimum absolute atomic E-state index is 0.0145. The van der Waals surface area contributed by atoms with E-state index in [2.05, 4.69) is 25.5 Å². The Labute approximate surface area is 165 Å². The van der Waals surface area contributed by atoms with Crippen molar-refractivity contribution in [2.24, 2.45) is 0 Å². The number of nitrogens with zero attached hydrogens (tertiary/aromatic N) is 3. The second-order valence-electron chi connectivity index (χ2n) is 6.78. The van der Waals surface area contributed by atoms with Crippen molar-refractivity contribution in [2.45, 2.75) is 20.0 Å². The first-order valence-electron chi connectivity index (χ1n) is 9.55. The van der Waals surface area contributed by atoms with Gasteiger partial charge < -0.3 is 20.1 Å². The molecule has 1 fully saturated rings. The standard InChI is InChI=1S/C20H27N5O3/c1-15(2)28-18-6-4-3-5-16(18)24-20(26)17-13-23-19(14-22-17)21-7-8-25-9-11-27-12-10-25/h3-6,13-15H,7-12H2,1-2H3,(H,21,23)(H,24,26). The van der Waals surface area contributed by atoms with Crippen molar-refractivity contribution in [3.63, 3.8) is 0 Å². The van der Waals surface area contributed by atoms with Crippen molar-refractivity contribution in [1.29, 1.82) is 0 Å². The minimum Gasteiger partial charge on any atom is -0.489 e. The van der Waals surface area contributed by atoms with Gasteiger partial charge in [0.1, 0.15) is 17.3 Å². The Balaban J connectivity index is 1.52. The molecule has 1 aromatic carbocycles. The summed E-state index contributed by atoms with van der Waals surface area (Å²) < 4.78 is 11.1. The molecule has 2 N–H and O–H groups in total. The largest absolute Gasteiger partial charge is 0.489 e. The highest BCUT2D eigenvalue weighted by molar-refractivity contribution is 6.03. The lowest BCUT2D eigenvalue weighted by Gasteiger charge is -2.26. The summed E-state index contributed by atoms with van der Waals surface area (Å²) in [5, 5.41) is 6.06. The first kappa shape index (κ1) is 20.0. The summed E-state index contributed by atoms with van der Waals surface area (Å²) in [6.45, 7) is 9.04. The average Bonchev–Trinajstić information content (AvgIpc) is 2.70. The van der Waals surface area contributed by atoms with E-state index in [1.807, 2.05) is 32.0 Å². The number of aromatic nitrogens is 2. The highest BCUT2D eigenvalue weighted by atomic mass is 16.5. The van der Waals surface area contributed by atoms with Crippen LogP contribution in [0.1, 0.15) is 24.3 Å². The third-order valence-corrected chi connectivity index (χ3v) is 4.22. The van der Waals surface area contributed by atoms with Gasteiger partial charge in [-0.15, -0.1) is 0 Å². The number of hydrogen-bond acceptors (Lipinski definition) is 7. The molecule has 3 rings (SSSR count). The summed E-state index contributed by atoms with van der Waals surface area (Å²) in [6, 6.07) is 7.33. The molecule has 2 heterocycles. The molecule has 0 unspecified atom stereocenters. The zero-order valence-corrected chi connectivity index (χ0v) is 16.4. The molecule has 8 nitrogen and oxygen atoms in total. The summed E-state index contributed by atoms with van der Waals surface area (Å²) in [5.41, 5.74) is 0.855. The van der Waals surface area contributed by atoms with Crippen molar-refractivity contribution in [2.75, 3.05) is 50.0 Å². The Morgan fingerprint density at radius 3 is 2.71 bits per heavy atom. The molecule has 0 spiro atoms. The monoisotopic (exact) mass is 385 g/mol. The molecular formula is C20H27N5O3. The van der Waals surface area contributed by atoms with Gasteiger partial charge in [-0.25, -0.2) is 9.97 Å². The predicted molar refractivity (Wildman–Crippen MR) is 108 cm³/mol. The van der Waals surface area contributed by atoms with E-state index in [1.54, 1.807) is 12.3 Å². The zero-order valence-electron chi connectivity index (χ0n) is 16.4. The fourth-order valence-electron chi connectivity index (χ4n) is 2.82. The number of para-hydroxylation sites is 2. The fraction of sp³-hybridized carbons (Fsp3) is 0.450. The molecule has 1 aliphatic heterocycles. The molecule has 1 amide bonds. The molecule has 1 saturated heterocycles. The SMILES string of the molecule is CC(C)Oc1ccccc1NC(=O)c1cnc(NCCN2CCOCC2)cn1. The molecule has 0 atom stereocenters. The smallest absolute Gasteiger partial charge is 0.275 e. The number of nitrogens with one attached hydrogen (secondary N) is 2. The normalized spacial score (nSPS) is 14.7. The number of amides is 1. The number of carbonyl (C=O) groups is 1. The van der Waals surface area contributed by atoms with Crippen LogP contribution < -0.4 is 15.4 Å². The molecule has 8 heteroatoms. The lowest BCUT2D eigenvalue weighted by molar-refractivity contribution is 0.0398. The molecular weight excluding hydrogens is 358 g/mol. The highest BCUT2D eigenvalue weighted by Crippen LogP contribution is 2.25. The number of benzene rings is 1. The van der Waals surface area contributed by atoms with Crippen molar-refractivity contribution in [3.8, 4) is 5.75 Å². The van der Waals surface area contributed by atoms with Crippen molar-refractivity contribution in [1.82, 2.24) is 14.9 Å². The third kappa shape index (κ3) is 5.90. The van der Waals surface area contributed by atoms with Crippen molar-refractivity contribution < 1.29 is 14.3 Å². The Kier molecular flexibility index (Phi) is 7.16. The van der Waals surface area contributed by atoms with E-state index < -0.39 is 0 Å². The Morgan fingerprint density at radius 1 is 1.21 bits per heavy atom. The molecule has 0 aliphatic carbocycles. The van der Waals surface area contributed by atoms with Gasteiger partial charge in [0.2, 0.25) is 0 Å². The van der Waals surface area contributed by atoms with E-state index in [4.69, 9.17) is 9.47 Å². The van der Waals surface area contributed by atoms with Gasteiger partial charge in [-0.05, 0) is 26.0 Å². The maximum atomic E-state index is 12.5. The third-order valence-electron chi connectivity index (χ3n) is 4.22. The molecule has 150 valence electrons. The molecule has 28 heavy (non-hydrogen) atoms.